The van der Waals surface area contributed by atoms with Crippen LogP contribution in [0.4, 0.5) is 0 Å². The number of aromatic hydroxyl groups is 1. The number of esters is 1. The summed E-state index contributed by atoms with van der Waals surface area (Å²) in [7, 11) is -4.39. The van der Waals surface area contributed by atoms with Crippen LogP contribution in [-0.2, 0) is 14.9 Å². The Bertz CT molecular complexity index is 524. The molecule has 8 heteroatoms. The van der Waals surface area contributed by atoms with Gasteiger partial charge in [-0.3, -0.25) is 0 Å². The second-order valence-corrected chi connectivity index (χ2v) is 5.75. The minimum absolute atomic E-state index is 0.0727. The molecule has 1 N–H and O–H groups in total. The van der Waals surface area contributed by atoms with Crippen LogP contribution in [-0.4, -0.2) is 36.4 Å². The molecule has 0 fully saturated rings. The third-order valence-electron chi connectivity index (χ3n) is 1.75. The van der Waals surface area contributed by atoms with E-state index in [1.165, 1.54) is 18.2 Å². The fourth-order valence-corrected chi connectivity index (χ4v) is 1.58. The first-order valence-electron chi connectivity index (χ1n) is 4.39. The zero-order chi connectivity index (χ0) is 13.1. The number of hydrogen-bond donors (Lipinski definition) is 1. The molecule has 6 nitrogen and oxygen atoms in total. The highest BCUT2D eigenvalue weighted by Gasteiger charge is 2.10. The largest absolute Gasteiger partial charge is 0.748 e. The van der Waals surface area contributed by atoms with Crippen molar-refractivity contribution in [3.63, 3.8) is 0 Å². The van der Waals surface area contributed by atoms with Gasteiger partial charge in [0, 0.05) is 0 Å². The molecule has 1 aromatic rings. The summed E-state index contributed by atoms with van der Waals surface area (Å²) in [6.45, 7) is -0.503. The van der Waals surface area contributed by atoms with E-state index >= 15 is 0 Å². The van der Waals surface area contributed by atoms with Crippen LogP contribution in [0.15, 0.2) is 18.2 Å². The number of ether oxygens (including phenoxy) is 1. The smallest absolute Gasteiger partial charge is 0.338 e. The normalized spacial score (nSPS) is 11.2. The second-order valence-electron chi connectivity index (χ2n) is 3.06. The number of halogens is 1. The summed E-state index contributed by atoms with van der Waals surface area (Å²) in [5, 5.41) is 9.34. The van der Waals surface area contributed by atoms with E-state index < -0.39 is 28.4 Å². The standard InChI is InChI=1S/C9H9IO6S/c10-7-2-1-6(5-8(7)11)9(12)16-3-4-17(13,14)15/h1-2,5,11H,3-4H2,(H,13,14,15)/p-1. The van der Waals surface area contributed by atoms with E-state index in [0.29, 0.717) is 3.57 Å². The second kappa shape index (κ2) is 5.65. The van der Waals surface area contributed by atoms with E-state index in [4.69, 9.17) is 0 Å². The van der Waals surface area contributed by atoms with Gasteiger partial charge < -0.3 is 14.4 Å². The summed E-state index contributed by atoms with van der Waals surface area (Å²) in [5.74, 6) is -1.63. The maximum absolute atomic E-state index is 11.4. The topological polar surface area (TPSA) is 104 Å². The molecule has 0 aliphatic rings. The number of benzene rings is 1. The van der Waals surface area contributed by atoms with Crippen molar-refractivity contribution in [2.24, 2.45) is 0 Å². The van der Waals surface area contributed by atoms with E-state index in [9.17, 15) is 22.9 Å². The van der Waals surface area contributed by atoms with Gasteiger partial charge in [-0.05, 0) is 40.8 Å². The summed E-state index contributed by atoms with van der Waals surface area (Å²) in [6, 6.07) is 4.14. The number of phenolic OH excluding ortho intramolecular Hbond substituents is 1. The van der Waals surface area contributed by atoms with E-state index in [0.717, 1.165) is 0 Å². The molecule has 1 rings (SSSR count). The monoisotopic (exact) mass is 371 g/mol. The molecule has 0 unspecified atom stereocenters. The van der Waals surface area contributed by atoms with Crippen LogP contribution in [0.2, 0.25) is 0 Å². The Morgan fingerprint density at radius 2 is 2.12 bits per heavy atom. The lowest BCUT2D eigenvalue weighted by molar-refractivity contribution is 0.0527. The molecule has 0 aliphatic heterocycles. The Labute approximate surface area is 111 Å². The molecule has 17 heavy (non-hydrogen) atoms. The Balaban J connectivity index is 2.61. The van der Waals surface area contributed by atoms with Crippen molar-refractivity contribution in [3.8, 4) is 5.75 Å². The zero-order valence-corrected chi connectivity index (χ0v) is 11.4. The molecular formula is C9H8IO6S-. The predicted molar refractivity (Wildman–Crippen MR) is 65.7 cm³/mol. The summed E-state index contributed by atoms with van der Waals surface area (Å²) >= 11 is 1.88. The third-order valence-corrected chi connectivity index (χ3v) is 3.33. The van der Waals surface area contributed by atoms with Gasteiger partial charge in [-0.25, -0.2) is 13.2 Å². The Hall–Kier alpha value is -0.870. The van der Waals surface area contributed by atoms with Crippen LogP contribution in [0.5, 0.6) is 5.75 Å². The molecule has 0 atom stereocenters. The maximum Gasteiger partial charge on any atom is 0.338 e. The van der Waals surface area contributed by atoms with Gasteiger partial charge in [0.15, 0.2) is 0 Å². The molecular weight excluding hydrogens is 363 g/mol. The molecule has 0 bridgehead atoms. The molecule has 0 aliphatic carbocycles. The maximum atomic E-state index is 11.4. The molecule has 0 saturated heterocycles. The van der Waals surface area contributed by atoms with Gasteiger partial charge in [0.25, 0.3) is 0 Å². The van der Waals surface area contributed by atoms with Gasteiger partial charge >= 0.3 is 5.97 Å². The highest BCUT2D eigenvalue weighted by molar-refractivity contribution is 14.1. The highest BCUT2D eigenvalue weighted by atomic mass is 127. The van der Waals surface area contributed by atoms with Crippen LogP contribution < -0.4 is 0 Å². The average molecular weight is 371 g/mol. The summed E-state index contributed by atoms with van der Waals surface area (Å²) in [6.07, 6.45) is 0. The molecule has 94 valence electrons. The van der Waals surface area contributed by atoms with Crippen molar-refractivity contribution in [1.82, 2.24) is 0 Å². The van der Waals surface area contributed by atoms with E-state index in [1.807, 2.05) is 22.6 Å². The highest BCUT2D eigenvalue weighted by Crippen LogP contribution is 2.20. The van der Waals surface area contributed by atoms with Gasteiger partial charge in [-0.2, -0.15) is 0 Å². The molecule has 0 amide bonds. The summed E-state index contributed by atoms with van der Waals surface area (Å²) in [5.41, 5.74) is 0.0891. The lowest BCUT2D eigenvalue weighted by atomic mass is 10.2. The van der Waals surface area contributed by atoms with E-state index in [-0.39, 0.29) is 11.3 Å². The van der Waals surface area contributed by atoms with Gasteiger partial charge in [0.05, 0.1) is 25.0 Å². The van der Waals surface area contributed by atoms with Gasteiger partial charge in [-0.15, -0.1) is 0 Å². The van der Waals surface area contributed by atoms with Crippen LogP contribution in [0, 0.1) is 3.57 Å². The number of carbonyl (C=O) groups excluding carboxylic acids is 1. The van der Waals surface area contributed by atoms with Crippen molar-refractivity contribution in [2.45, 2.75) is 0 Å². The Morgan fingerprint density at radius 1 is 1.47 bits per heavy atom. The fourth-order valence-electron chi connectivity index (χ4n) is 0.959. The molecule has 0 heterocycles. The van der Waals surface area contributed by atoms with Crippen molar-refractivity contribution in [3.05, 3.63) is 27.3 Å². The summed E-state index contributed by atoms with van der Waals surface area (Å²) in [4.78, 5) is 11.4. The SMILES string of the molecule is O=C(OCCS(=O)(=O)[O-])c1ccc(I)c(O)c1. The lowest BCUT2D eigenvalue weighted by Gasteiger charge is -2.08. The van der Waals surface area contributed by atoms with Crippen molar-refractivity contribution >= 4 is 38.7 Å². The van der Waals surface area contributed by atoms with Crippen LogP contribution in [0.25, 0.3) is 0 Å². The Morgan fingerprint density at radius 3 is 2.65 bits per heavy atom. The van der Waals surface area contributed by atoms with Crippen molar-refractivity contribution in [1.29, 1.82) is 0 Å². The van der Waals surface area contributed by atoms with Gasteiger partial charge in [-0.1, -0.05) is 0 Å². The molecule has 0 aromatic heterocycles. The average Bonchev–Trinajstić information content (AvgIpc) is 2.20. The number of phenols is 1. The van der Waals surface area contributed by atoms with E-state index in [1.54, 1.807) is 0 Å². The number of hydrogen-bond acceptors (Lipinski definition) is 6. The first kappa shape index (κ1) is 14.2. The molecule has 0 radical (unpaired) electrons. The first-order chi connectivity index (χ1) is 7.79. The van der Waals surface area contributed by atoms with Gasteiger partial charge in [0.2, 0.25) is 0 Å². The van der Waals surface area contributed by atoms with E-state index in [2.05, 4.69) is 4.74 Å². The first-order valence-corrected chi connectivity index (χ1v) is 7.04. The lowest BCUT2D eigenvalue weighted by Crippen LogP contribution is -2.14. The van der Waals surface area contributed by atoms with Crippen LogP contribution >= 0.6 is 22.6 Å². The van der Waals surface area contributed by atoms with Crippen LogP contribution in [0.3, 0.4) is 0 Å². The molecule has 1 aromatic carbocycles. The third kappa shape index (κ3) is 4.88. The van der Waals surface area contributed by atoms with Crippen molar-refractivity contribution < 1.29 is 27.6 Å². The Kier molecular flexibility index (Phi) is 4.71. The van der Waals surface area contributed by atoms with Crippen LogP contribution in [0.1, 0.15) is 10.4 Å². The number of carbonyl (C=O) groups is 1. The predicted octanol–water partition coefficient (Wildman–Crippen LogP) is 0.699. The zero-order valence-electron chi connectivity index (χ0n) is 8.42. The molecule has 0 saturated carbocycles. The minimum Gasteiger partial charge on any atom is -0.748 e. The van der Waals surface area contributed by atoms with Gasteiger partial charge in [0.1, 0.15) is 12.4 Å². The number of rotatable bonds is 4. The molecule has 0 spiro atoms. The summed E-state index contributed by atoms with van der Waals surface area (Å²) < 4.78 is 35.9. The fraction of sp³-hybridized carbons (Fsp3) is 0.222. The quantitative estimate of drug-likeness (QED) is 0.475. The minimum atomic E-state index is -4.39. The van der Waals surface area contributed by atoms with Crippen molar-refractivity contribution in [2.75, 3.05) is 12.4 Å².